The fraction of sp³-hybridized carbons (Fsp3) is 0.800. The molecule has 1 amide bonds. The van der Waals surface area contributed by atoms with Crippen molar-refractivity contribution in [3.63, 3.8) is 0 Å². The zero-order chi connectivity index (χ0) is 12.6. The van der Waals surface area contributed by atoms with Crippen molar-refractivity contribution in [2.24, 2.45) is 5.92 Å². The number of alkyl halides is 2. The van der Waals surface area contributed by atoms with Gasteiger partial charge in [-0.25, -0.2) is 0 Å². The Hall–Kier alpha value is -1.20. The molecule has 0 saturated carbocycles. The summed E-state index contributed by atoms with van der Waals surface area (Å²) in [6, 6.07) is 0. The first-order valence-electron chi connectivity index (χ1n) is 5.25. The number of carbonyl (C=O) groups is 2. The number of aliphatic carboxylic acids is 1. The standard InChI is InChI=1S/C10H17F2NO3/c1-2-7(3-4-8(14)15)5-6-13-10(16)9(11)12/h7,9H,2-6H2,1H3,(H,13,16)(H,14,15). The van der Waals surface area contributed by atoms with Gasteiger partial charge in [0.25, 0.3) is 5.91 Å². The third kappa shape index (κ3) is 7.14. The molecule has 4 nitrogen and oxygen atoms in total. The molecule has 0 fully saturated rings. The van der Waals surface area contributed by atoms with Crippen molar-refractivity contribution in [2.75, 3.05) is 6.54 Å². The Morgan fingerprint density at radius 2 is 1.94 bits per heavy atom. The van der Waals surface area contributed by atoms with Crippen LogP contribution in [-0.2, 0) is 9.59 Å². The average molecular weight is 237 g/mol. The van der Waals surface area contributed by atoms with E-state index >= 15 is 0 Å². The van der Waals surface area contributed by atoms with E-state index in [1.165, 1.54) is 0 Å². The lowest BCUT2D eigenvalue weighted by atomic mass is 9.97. The highest BCUT2D eigenvalue weighted by Crippen LogP contribution is 2.14. The second kappa shape index (κ2) is 8.01. The van der Waals surface area contributed by atoms with Gasteiger partial charge in [-0.15, -0.1) is 0 Å². The molecule has 16 heavy (non-hydrogen) atoms. The van der Waals surface area contributed by atoms with Crippen molar-refractivity contribution in [1.29, 1.82) is 0 Å². The second-order valence-electron chi connectivity index (χ2n) is 3.59. The van der Waals surface area contributed by atoms with Crippen molar-refractivity contribution in [3.05, 3.63) is 0 Å². The molecule has 0 radical (unpaired) electrons. The van der Waals surface area contributed by atoms with Gasteiger partial charge < -0.3 is 10.4 Å². The summed E-state index contributed by atoms with van der Waals surface area (Å²) in [5, 5.41) is 10.6. The van der Waals surface area contributed by atoms with E-state index in [0.29, 0.717) is 12.8 Å². The van der Waals surface area contributed by atoms with Crippen LogP contribution in [0, 0.1) is 5.92 Å². The molecule has 0 aromatic heterocycles. The number of hydrogen-bond donors (Lipinski definition) is 2. The van der Waals surface area contributed by atoms with E-state index in [9.17, 15) is 18.4 Å². The molecule has 0 aliphatic heterocycles. The van der Waals surface area contributed by atoms with Gasteiger partial charge in [0.15, 0.2) is 0 Å². The van der Waals surface area contributed by atoms with Crippen LogP contribution < -0.4 is 5.32 Å². The quantitative estimate of drug-likeness (QED) is 0.674. The zero-order valence-corrected chi connectivity index (χ0v) is 9.21. The van der Waals surface area contributed by atoms with E-state index < -0.39 is 18.3 Å². The predicted octanol–water partition coefficient (Wildman–Crippen LogP) is 1.65. The second-order valence-corrected chi connectivity index (χ2v) is 3.59. The molecule has 0 aromatic carbocycles. The third-order valence-corrected chi connectivity index (χ3v) is 2.39. The minimum absolute atomic E-state index is 0.0707. The van der Waals surface area contributed by atoms with Crippen LogP contribution in [0.1, 0.15) is 32.6 Å². The zero-order valence-electron chi connectivity index (χ0n) is 9.21. The fourth-order valence-corrected chi connectivity index (χ4v) is 1.36. The van der Waals surface area contributed by atoms with Crippen molar-refractivity contribution < 1.29 is 23.5 Å². The summed E-state index contributed by atoms with van der Waals surface area (Å²) in [6.45, 7) is 2.07. The molecule has 6 heteroatoms. The van der Waals surface area contributed by atoms with Gasteiger partial charge >= 0.3 is 12.4 Å². The first-order valence-corrected chi connectivity index (χ1v) is 5.25. The molecular formula is C10H17F2NO3. The minimum Gasteiger partial charge on any atom is -0.481 e. The molecule has 0 saturated heterocycles. The third-order valence-electron chi connectivity index (χ3n) is 2.39. The Bertz CT molecular complexity index is 234. The molecule has 0 heterocycles. The predicted molar refractivity (Wildman–Crippen MR) is 54.3 cm³/mol. The number of nitrogens with one attached hydrogen (secondary N) is 1. The van der Waals surface area contributed by atoms with Crippen LogP contribution in [0.25, 0.3) is 0 Å². The Labute approximate surface area is 93.0 Å². The van der Waals surface area contributed by atoms with Crippen LogP contribution in [0.4, 0.5) is 8.78 Å². The molecule has 2 N–H and O–H groups in total. The molecule has 1 atom stereocenters. The van der Waals surface area contributed by atoms with Crippen LogP contribution in [0.15, 0.2) is 0 Å². The van der Waals surface area contributed by atoms with Crippen LogP contribution in [0.5, 0.6) is 0 Å². The number of amides is 1. The maximum atomic E-state index is 11.8. The van der Waals surface area contributed by atoms with E-state index in [2.05, 4.69) is 5.32 Å². The van der Waals surface area contributed by atoms with Gasteiger partial charge in [0.1, 0.15) is 0 Å². The van der Waals surface area contributed by atoms with Crippen LogP contribution in [0.3, 0.4) is 0 Å². The van der Waals surface area contributed by atoms with E-state index in [4.69, 9.17) is 5.11 Å². The van der Waals surface area contributed by atoms with Crippen LogP contribution in [-0.4, -0.2) is 30.0 Å². The topological polar surface area (TPSA) is 66.4 Å². The molecule has 1 unspecified atom stereocenters. The molecule has 0 rings (SSSR count). The van der Waals surface area contributed by atoms with Crippen molar-refractivity contribution in [3.8, 4) is 0 Å². The molecule has 0 spiro atoms. The number of hydrogen-bond acceptors (Lipinski definition) is 2. The highest BCUT2D eigenvalue weighted by atomic mass is 19.3. The summed E-state index contributed by atoms with van der Waals surface area (Å²) < 4.78 is 23.6. The molecular weight excluding hydrogens is 220 g/mol. The van der Waals surface area contributed by atoms with E-state index in [-0.39, 0.29) is 18.9 Å². The number of carbonyl (C=O) groups excluding carboxylic acids is 1. The SMILES string of the molecule is CCC(CCNC(=O)C(F)F)CCC(=O)O. The molecule has 0 bridgehead atoms. The first-order chi connectivity index (χ1) is 7.47. The lowest BCUT2D eigenvalue weighted by Crippen LogP contribution is -2.31. The van der Waals surface area contributed by atoms with Crippen molar-refractivity contribution in [1.82, 2.24) is 5.32 Å². The summed E-state index contributed by atoms with van der Waals surface area (Å²) in [4.78, 5) is 20.8. The number of rotatable bonds is 8. The van der Waals surface area contributed by atoms with Crippen LogP contribution in [0.2, 0.25) is 0 Å². The van der Waals surface area contributed by atoms with Crippen molar-refractivity contribution >= 4 is 11.9 Å². The minimum atomic E-state index is -2.99. The maximum absolute atomic E-state index is 11.8. The molecule has 0 aromatic rings. The van der Waals surface area contributed by atoms with E-state index in [1.807, 2.05) is 6.92 Å². The Morgan fingerprint density at radius 1 is 1.31 bits per heavy atom. The normalized spacial score (nSPS) is 12.5. The van der Waals surface area contributed by atoms with Gasteiger partial charge in [-0.1, -0.05) is 13.3 Å². The maximum Gasteiger partial charge on any atom is 0.315 e. The molecule has 0 aliphatic carbocycles. The first kappa shape index (κ1) is 14.8. The fourth-order valence-electron chi connectivity index (χ4n) is 1.36. The van der Waals surface area contributed by atoms with Gasteiger partial charge in [0, 0.05) is 13.0 Å². The molecule has 94 valence electrons. The number of halogens is 2. The smallest absolute Gasteiger partial charge is 0.315 e. The van der Waals surface area contributed by atoms with E-state index in [1.54, 1.807) is 0 Å². The van der Waals surface area contributed by atoms with Crippen molar-refractivity contribution in [2.45, 2.75) is 39.0 Å². The Kier molecular flexibility index (Phi) is 7.41. The average Bonchev–Trinajstić information content (AvgIpc) is 2.22. The van der Waals surface area contributed by atoms with E-state index in [0.717, 1.165) is 6.42 Å². The van der Waals surface area contributed by atoms with Crippen LogP contribution >= 0.6 is 0 Å². The van der Waals surface area contributed by atoms with Gasteiger partial charge in [-0.2, -0.15) is 8.78 Å². The largest absolute Gasteiger partial charge is 0.481 e. The number of carboxylic acids is 1. The Morgan fingerprint density at radius 3 is 2.38 bits per heavy atom. The summed E-state index contributed by atoms with van der Waals surface area (Å²) in [6.07, 6.45) is -1.10. The summed E-state index contributed by atoms with van der Waals surface area (Å²) >= 11 is 0. The lowest BCUT2D eigenvalue weighted by molar-refractivity contribution is -0.137. The van der Waals surface area contributed by atoms with Gasteiger partial charge in [-0.05, 0) is 18.8 Å². The summed E-state index contributed by atoms with van der Waals surface area (Å²) in [7, 11) is 0. The lowest BCUT2D eigenvalue weighted by Gasteiger charge is -2.13. The molecule has 0 aliphatic rings. The Balaban J connectivity index is 3.70. The van der Waals surface area contributed by atoms with Gasteiger partial charge in [0.05, 0.1) is 0 Å². The van der Waals surface area contributed by atoms with Gasteiger partial charge in [-0.3, -0.25) is 9.59 Å². The van der Waals surface area contributed by atoms with Gasteiger partial charge in [0.2, 0.25) is 0 Å². The summed E-state index contributed by atoms with van der Waals surface area (Å²) in [5.74, 6) is -1.99. The summed E-state index contributed by atoms with van der Waals surface area (Å²) in [5.41, 5.74) is 0. The monoisotopic (exact) mass is 237 g/mol. The highest BCUT2D eigenvalue weighted by Gasteiger charge is 2.15. The highest BCUT2D eigenvalue weighted by molar-refractivity contribution is 5.78. The number of carboxylic acid groups (broad SMARTS) is 1.